The maximum Gasteiger partial charge on any atom is 0.405 e. The number of primary amides is 1. The number of nitrogens with two attached hydrogens (primary N) is 1. The van der Waals surface area contributed by atoms with E-state index in [0.717, 1.165) is 17.9 Å². The zero-order chi connectivity index (χ0) is 21.8. The number of anilines is 1. The van der Waals surface area contributed by atoms with Gasteiger partial charge in [0.05, 0.1) is 21.3 Å². The molecule has 0 aliphatic carbocycles. The van der Waals surface area contributed by atoms with Gasteiger partial charge < -0.3 is 20.7 Å². The lowest BCUT2D eigenvalue weighted by Crippen LogP contribution is -2.46. The summed E-state index contributed by atoms with van der Waals surface area (Å²) in [5.41, 5.74) is 5.17. The number of ether oxygens (including phenoxy) is 1. The fraction of sp³-hybridized carbons (Fsp3) is 0.450. The van der Waals surface area contributed by atoms with Crippen LogP contribution in [0.15, 0.2) is 18.2 Å². The van der Waals surface area contributed by atoms with Crippen LogP contribution in [0.3, 0.4) is 0 Å². The zero-order valence-electron chi connectivity index (χ0n) is 16.1. The molecule has 1 amide bonds. The number of carbonyl (C=O) groups excluding carboxylic acids is 1. The Hall–Kier alpha value is -2.51. The average Bonchev–Trinajstić information content (AvgIpc) is 3.05. The SMILES string of the molecule is CN1CCC(Nc2cccc3c(C(F)C(F)F)c(C#CCOC(N)=O)sc23)C(F)C1. The number of amides is 1. The molecule has 3 unspecified atom stereocenters. The molecule has 3 N–H and O–H groups in total. The third-order valence-electron chi connectivity index (χ3n) is 4.82. The van der Waals surface area contributed by atoms with E-state index in [0.29, 0.717) is 22.2 Å². The predicted molar refractivity (Wildman–Crippen MR) is 109 cm³/mol. The third kappa shape index (κ3) is 4.96. The molecule has 0 spiro atoms. The molecule has 1 saturated heterocycles. The molecular formula is C20H21F4N3O2S. The van der Waals surface area contributed by atoms with Crippen molar-refractivity contribution in [2.75, 3.05) is 32.1 Å². The van der Waals surface area contributed by atoms with Gasteiger partial charge in [-0.25, -0.2) is 22.4 Å². The van der Waals surface area contributed by atoms with Gasteiger partial charge >= 0.3 is 6.09 Å². The monoisotopic (exact) mass is 443 g/mol. The molecule has 1 aromatic heterocycles. The highest BCUT2D eigenvalue weighted by molar-refractivity contribution is 7.20. The summed E-state index contributed by atoms with van der Waals surface area (Å²) in [6.45, 7) is 0.662. The van der Waals surface area contributed by atoms with Gasteiger partial charge in [-0.3, -0.25) is 0 Å². The number of thiophene rings is 1. The molecule has 2 aromatic rings. The molecule has 10 heteroatoms. The molecule has 0 saturated carbocycles. The second-order valence-corrected chi connectivity index (χ2v) is 8.01. The Balaban J connectivity index is 1.98. The molecule has 1 fully saturated rings. The molecule has 2 heterocycles. The normalized spacial score (nSPS) is 20.6. The van der Waals surface area contributed by atoms with Crippen LogP contribution in [-0.2, 0) is 4.74 Å². The molecule has 5 nitrogen and oxygen atoms in total. The number of piperidine rings is 1. The summed E-state index contributed by atoms with van der Waals surface area (Å²) in [6.07, 6.45) is -7.31. The van der Waals surface area contributed by atoms with Gasteiger partial charge in [0.15, 0.2) is 12.8 Å². The van der Waals surface area contributed by atoms with Crippen molar-refractivity contribution in [2.24, 2.45) is 5.73 Å². The van der Waals surface area contributed by atoms with Crippen molar-refractivity contribution >= 4 is 33.2 Å². The molecule has 30 heavy (non-hydrogen) atoms. The lowest BCUT2D eigenvalue weighted by molar-refractivity contribution is 0.0504. The number of nitrogens with zero attached hydrogens (tertiary/aromatic N) is 1. The number of fused-ring (bicyclic) bond motifs is 1. The summed E-state index contributed by atoms with van der Waals surface area (Å²) in [5, 5.41) is 3.44. The van der Waals surface area contributed by atoms with E-state index >= 15 is 0 Å². The van der Waals surface area contributed by atoms with Gasteiger partial charge in [-0.05, 0) is 19.5 Å². The van der Waals surface area contributed by atoms with Crippen LogP contribution < -0.4 is 11.1 Å². The van der Waals surface area contributed by atoms with Crippen LogP contribution in [0.25, 0.3) is 10.1 Å². The minimum atomic E-state index is -3.23. The smallest absolute Gasteiger partial charge is 0.405 e. The van der Waals surface area contributed by atoms with Crippen LogP contribution in [-0.4, -0.2) is 56.4 Å². The van der Waals surface area contributed by atoms with Crippen LogP contribution in [0.2, 0.25) is 0 Å². The van der Waals surface area contributed by atoms with E-state index < -0.39 is 30.9 Å². The van der Waals surface area contributed by atoms with E-state index in [4.69, 9.17) is 5.73 Å². The van der Waals surface area contributed by atoms with E-state index in [9.17, 15) is 22.4 Å². The number of rotatable bonds is 5. The molecule has 3 rings (SSSR count). The van der Waals surface area contributed by atoms with Crippen molar-refractivity contribution in [1.82, 2.24) is 4.90 Å². The van der Waals surface area contributed by atoms with Gasteiger partial charge in [-0.1, -0.05) is 24.0 Å². The summed E-state index contributed by atoms with van der Waals surface area (Å²) in [4.78, 5) is 12.6. The number of hydrogen-bond donors (Lipinski definition) is 2. The second kappa shape index (κ2) is 9.53. The lowest BCUT2D eigenvalue weighted by Gasteiger charge is -2.33. The fourth-order valence-corrected chi connectivity index (χ4v) is 4.57. The molecule has 1 aromatic carbocycles. The van der Waals surface area contributed by atoms with Gasteiger partial charge in [0.25, 0.3) is 6.43 Å². The minimum absolute atomic E-state index is 0.0975. The largest absolute Gasteiger partial charge is 0.437 e. The molecule has 1 aliphatic heterocycles. The number of benzene rings is 1. The van der Waals surface area contributed by atoms with Crippen molar-refractivity contribution in [1.29, 1.82) is 0 Å². The Morgan fingerprint density at radius 1 is 1.43 bits per heavy atom. The number of nitrogens with one attached hydrogen (secondary N) is 1. The van der Waals surface area contributed by atoms with E-state index in [2.05, 4.69) is 21.9 Å². The Kier molecular flexibility index (Phi) is 7.05. The molecule has 0 radical (unpaired) electrons. The molecule has 1 aliphatic rings. The highest BCUT2D eigenvalue weighted by atomic mass is 32.1. The second-order valence-electron chi connectivity index (χ2n) is 6.99. The van der Waals surface area contributed by atoms with Gasteiger partial charge in [0.2, 0.25) is 0 Å². The Bertz CT molecular complexity index is 972. The topological polar surface area (TPSA) is 67.6 Å². The van der Waals surface area contributed by atoms with Crippen molar-refractivity contribution in [3.8, 4) is 11.8 Å². The molecule has 3 atom stereocenters. The standard InChI is InChI=1S/C20H21F4N3O2S/c1-27-8-7-13(12(21)10-27)26-14-5-2-4-11-16(17(22)19(23)24)15(30-18(11)14)6-3-9-29-20(25)28/h2,4-5,12-13,17,19,26H,7-10H2,1H3,(H2,25,28). The first-order valence-corrected chi connectivity index (χ1v) is 10.1. The van der Waals surface area contributed by atoms with E-state index in [-0.39, 0.29) is 23.6 Å². The summed E-state index contributed by atoms with van der Waals surface area (Å²) in [7, 11) is 1.84. The third-order valence-corrected chi connectivity index (χ3v) is 5.99. The van der Waals surface area contributed by atoms with Crippen LogP contribution in [0.5, 0.6) is 0 Å². The summed E-state index contributed by atoms with van der Waals surface area (Å²) >= 11 is 1.03. The quantitative estimate of drug-likeness (QED) is 0.540. The summed E-state index contributed by atoms with van der Waals surface area (Å²) in [6, 6.07) is 4.41. The number of hydrogen-bond acceptors (Lipinski definition) is 5. The van der Waals surface area contributed by atoms with E-state index in [1.54, 1.807) is 12.1 Å². The predicted octanol–water partition coefficient (Wildman–Crippen LogP) is 4.08. The molecule has 0 bridgehead atoms. The minimum Gasteiger partial charge on any atom is -0.437 e. The van der Waals surface area contributed by atoms with Crippen LogP contribution >= 0.6 is 11.3 Å². The van der Waals surface area contributed by atoms with E-state index in [1.165, 1.54) is 6.07 Å². The Morgan fingerprint density at radius 2 is 2.20 bits per heavy atom. The first-order valence-electron chi connectivity index (χ1n) is 9.25. The molecule has 162 valence electrons. The van der Waals surface area contributed by atoms with Crippen molar-refractivity contribution in [3.63, 3.8) is 0 Å². The van der Waals surface area contributed by atoms with Crippen molar-refractivity contribution in [3.05, 3.63) is 28.6 Å². The zero-order valence-corrected chi connectivity index (χ0v) is 16.9. The van der Waals surface area contributed by atoms with E-state index in [1.807, 2.05) is 11.9 Å². The average molecular weight is 443 g/mol. The van der Waals surface area contributed by atoms with Crippen LogP contribution in [0.4, 0.5) is 28.0 Å². The summed E-state index contributed by atoms with van der Waals surface area (Å²) in [5.74, 6) is 5.07. The maximum absolute atomic E-state index is 14.4. The van der Waals surface area contributed by atoms with Crippen molar-refractivity contribution < 1.29 is 27.1 Å². The summed E-state index contributed by atoms with van der Waals surface area (Å²) < 4.78 is 60.2. The van der Waals surface area contributed by atoms with Gasteiger partial charge in [-0.15, -0.1) is 11.3 Å². The highest BCUT2D eigenvalue weighted by Gasteiger charge is 2.30. The van der Waals surface area contributed by atoms with Crippen LogP contribution in [0.1, 0.15) is 23.0 Å². The van der Waals surface area contributed by atoms with Gasteiger partial charge in [-0.2, -0.15) is 0 Å². The number of alkyl halides is 4. The number of halogens is 4. The van der Waals surface area contributed by atoms with Crippen molar-refractivity contribution in [2.45, 2.75) is 31.2 Å². The van der Waals surface area contributed by atoms with Crippen LogP contribution in [0, 0.1) is 11.8 Å². The Labute approximate surface area is 175 Å². The Morgan fingerprint density at radius 3 is 2.87 bits per heavy atom. The maximum atomic E-state index is 14.4. The number of carbonyl (C=O) groups is 1. The van der Waals surface area contributed by atoms with Gasteiger partial charge in [0, 0.05) is 24.0 Å². The van der Waals surface area contributed by atoms with Gasteiger partial charge in [0.1, 0.15) is 6.17 Å². The highest BCUT2D eigenvalue weighted by Crippen LogP contribution is 2.42. The lowest BCUT2D eigenvalue weighted by atomic mass is 10.0. The fourth-order valence-electron chi connectivity index (χ4n) is 3.39. The first kappa shape index (κ1) is 22.2. The number of likely N-dealkylation sites (tertiary alicyclic amines) is 1. The molecular weight excluding hydrogens is 422 g/mol. The first-order chi connectivity index (χ1) is 14.3.